The summed E-state index contributed by atoms with van der Waals surface area (Å²) in [4.78, 5) is 12.1. The van der Waals surface area contributed by atoms with Gasteiger partial charge >= 0.3 is 0 Å². The SMILES string of the molecule is N#CC1=C(N)OC2=C(CCCC2=O)C1c1ccc(C#N)cc1. The molecule has 5 heteroatoms. The molecule has 1 aromatic carbocycles. The lowest BCUT2D eigenvalue weighted by atomic mass is 9.78. The molecule has 0 saturated carbocycles. The Labute approximate surface area is 127 Å². The highest BCUT2D eigenvalue weighted by Crippen LogP contribution is 2.43. The number of Topliss-reactive ketones (excluding diaryl/α,β-unsaturated/α-hetero) is 1. The van der Waals surface area contributed by atoms with Crippen molar-refractivity contribution in [1.82, 2.24) is 0 Å². The molecule has 1 unspecified atom stereocenters. The van der Waals surface area contributed by atoms with Gasteiger partial charge in [0.25, 0.3) is 0 Å². The Morgan fingerprint density at radius 1 is 1.14 bits per heavy atom. The van der Waals surface area contributed by atoms with E-state index >= 15 is 0 Å². The van der Waals surface area contributed by atoms with Gasteiger partial charge in [0.05, 0.1) is 11.6 Å². The van der Waals surface area contributed by atoms with E-state index < -0.39 is 0 Å². The van der Waals surface area contributed by atoms with E-state index in [-0.39, 0.29) is 23.3 Å². The second-order valence-corrected chi connectivity index (χ2v) is 5.29. The number of hydrogen-bond donors (Lipinski definition) is 1. The molecule has 0 fully saturated rings. The largest absolute Gasteiger partial charge is 0.437 e. The first-order valence-corrected chi connectivity index (χ1v) is 6.99. The molecule has 5 nitrogen and oxygen atoms in total. The summed E-state index contributed by atoms with van der Waals surface area (Å²) in [5.74, 6) is -0.159. The predicted molar refractivity (Wildman–Crippen MR) is 77.7 cm³/mol. The summed E-state index contributed by atoms with van der Waals surface area (Å²) < 4.78 is 5.42. The summed E-state index contributed by atoms with van der Waals surface area (Å²) in [5, 5.41) is 18.3. The van der Waals surface area contributed by atoms with E-state index in [9.17, 15) is 10.1 Å². The summed E-state index contributed by atoms with van der Waals surface area (Å²) in [6.07, 6.45) is 1.88. The van der Waals surface area contributed by atoms with Crippen LogP contribution >= 0.6 is 0 Å². The predicted octanol–water partition coefficient (Wildman–Crippen LogP) is 2.37. The van der Waals surface area contributed by atoms with Crippen LogP contribution in [0.25, 0.3) is 0 Å². The molecule has 1 aromatic rings. The van der Waals surface area contributed by atoms with Crippen LogP contribution in [-0.2, 0) is 9.53 Å². The minimum absolute atomic E-state index is 0.00846. The van der Waals surface area contributed by atoms with Gasteiger partial charge in [0.1, 0.15) is 11.6 Å². The molecule has 3 rings (SSSR count). The van der Waals surface area contributed by atoms with Crippen molar-refractivity contribution in [3.05, 3.63) is 58.2 Å². The Balaban J connectivity index is 2.14. The molecule has 0 aromatic heterocycles. The second kappa shape index (κ2) is 5.38. The highest BCUT2D eigenvalue weighted by atomic mass is 16.5. The van der Waals surface area contributed by atoms with Crippen molar-refractivity contribution in [2.75, 3.05) is 0 Å². The van der Waals surface area contributed by atoms with Gasteiger partial charge in [0.15, 0.2) is 11.5 Å². The summed E-state index contributed by atoms with van der Waals surface area (Å²) >= 11 is 0. The van der Waals surface area contributed by atoms with E-state index in [4.69, 9.17) is 15.7 Å². The number of ketones is 1. The second-order valence-electron chi connectivity index (χ2n) is 5.29. The first-order chi connectivity index (χ1) is 10.7. The van der Waals surface area contributed by atoms with Gasteiger partial charge in [-0.15, -0.1) is 0 Å². The molecule has 1 atom stereocenters. The van der Waals surface area contributed by atoms with Crippen molar-refractivity contribution in [3.8, 4) is 12.1 Å². The Morgan fingerprint density at radius 3 is 2.50 bits per heavy atom. The van der Waals surface area contributed by atoms with Gasteiger partial charge in [0.2, 0.25) is 5.88 Å². The third kappa shape index (κ3) is 2.13. The molecule has 108 valence electrons. The number of nitriles is 2. The quantitative estimate of drug-likeness (QED) is 0.856. The number of nitrogens with zero attached hydrogens (tertiary/aromatic N) is 2. The number of benzene rings is 1. The van der Waals surface area contributed by atoms with Crippen molar-refractivity contribution < 1.29 is 9.53 Å². The maximum absolute atomic E-state index is 12.1. The minimum Gasteiger partial charge on any atom is -0.437 e. The van der Waals surface area contributed by atoms with Crippen LogP contribution in [0.1, 0.15) is 36.3 Å². The molecule has 0 radical (unpaired) electrons. The topological polar surface area (TPSA) is 99.9 Å². The van der Waals surface area contributed by atoms with Crippen LogP contribution in [0.2, 0.25) is 0 Å². The molecule has 0 spiro atoms. The first kappa shape index (κ1) is 13.9. The Hall–Kier alpha value is -3.05. The zero-order valence-electron chi connectivity index (χ0n) is 11.8. The molecule has 1 heterocycles. The van der Waals surface area contributed by atoms with Crippen molar-refractivity contribution in [2.24, 2.45) is 5.73 Å². The third-order valence-corrected chi connectivity index (χ3v) is 4.00. The molecule has 22 heavy (non-hydrogen) atoms. The number of rotatable bonds is 1. The summed E-state index contributed by atoms with van der Waals surface area (Å²) in [7, 11) is 0. The van der Waals surface area contributed by atoms with Gasteiger partial charge < -0.3 is 10.5 Å². The summed E-state index contributed by atoms with van der Waals surface area (Å²) in [6.45, 7) is 0. The number of ether oxygens (including phenoxy) is 1. The van der Waals surface area contributed by atoms with Crippen molar-refractivity contribution in [2.45, 2.75) is 25.2 Å². The van der Waals surface area contributed by atoms with Crippen LogP contribution in [0.4, 0.5) is 0 Å². The van der Waals surface area contributed by atoms with Crippen molar-refractivity contribution >= 4 is 5.78 Å². The maximum Gasteiger partial charge on any atom is 0.205 e. The Kier molecular flexibility index (Phi) is 3.40. The Bertz CT molecular complexity index is 789. The average molecular weight is 291 g/mol. The number of nitrogens with two attached hydrogens (primary N) is 1. The zero-order chi connectivity index (χ0) is 15.7. The van der Waals surface area contributed by atoms with Crippen molar-refractivity contribution in [1.29, 1.82) is 10.5 Å². The molecule has 0 saturated heterocycles. The number of hydrogen-bond acceptors (Lipinski definition) is 5. The zero-order valence-corrected chi connectivity index (χ0v) is 11.8. The lowest BCUT2D eigenvalue weighted by molar-refractivity contribution is -0.119. The molecular formula is C17H13N3O2. The van der Waals surface area contributed by atoms with Crippen LogP contribution in [0.15, 0.2) is 47.1 Å². The summed E-state index contributed by atoms with van der Waals surface area (Å²) in [6, 6.07) is 11.1. The number of allylic oxidation sites excluding steroid dienone is 3. The third-order valence-electron chi connectivity index (χ3n) is 4.00. The van der Waals surface area contributed by atoms with E-state index in [1.54, 1.807) is 24.3 Å². The number of carbonyl (C=O) groups excluding carboxylic acids is 1. The molecular weight excluding hydrogens is 278 g/mol. The van der Waals surface area contributed by atoms with Crippen LogP contribution in [0.5, 0.6) is 0 Å². The lowest BCUT2D eigenvalue weighted by Gasteiger charge is -2.31. The van der Waals surface area contributed by atoms with Crippen LogP contribution < -0.4 is 5.73 Å². The smallest absolute Gasteiger partial charge is 0.205 e. The highest BCUT2D eigenvalue weighted by molar-refractivity contribution is 5.96. The normalized spacial score (nSPS) is 20.8. The van der Waals surface area contributed by atoms with Crippen LogP contribution in [-0.4, -0.2) is 5.78 Å². The minimum atomic E-state index is -0.370. The molecule has 1 aliphatic carbocycles. The van der Waals surface area contributed by atoms with E-state index in [0.29, 0.717) is 24.0 Å². The molecule has 2 aliphatic rings. The molecule has 2 N–H and O–H groups in total. The molecule has 1 aliphatic heterocycles. The average Bonchev–Trinajstić information content (AvgIpc) is 2.55. The van der Waals surface area contributed by atoms with Gasteiger partial charge in [-0.25, -0.2) is 0 Å². The van der Waals surface area contributed by atoms with E-state index in [0.717, 1.165) is 17.6 Å². The molecule has 0 amide bonds. The van der Waals surface area contributed by atoms with Crippen LogP contribution in [0.3, 0.4) is 0 Å². The van der Waals surface area contributed by atoms with E-state index in [1.165, 1.54) is 0 Å². The lowest BCUT2D eigenvalue weighted by Crippen LogP contribution is -2.26. The maximum atomic E-state index is 12.1. The van der Waals surface area contributed by atoms with Gasteiger partial charge in [-0.2, -0.15) is 10.5 Å². The fourth-order valence-electron chi connectivity index (χ4n) is 2.96. The van der Waals surface area contributed by atoms with Gasteiger partial charge in [-0.1, -0.05) is 12.1 Å². The summed E-state index contributed by atoms with van der Waals surface area (Å²) in [5.41, 5.74) is 8.35. The van der Waals surface area contributed by atoms with E-state index in [1.807, 2.05) is 0 Å². The fourth-order valence-corrected chi connectivity index (χ4v) is 2.96. The standard InChI is InChI=1S/C17H13N3O2/c18-8-10-4-6-11(7-5-10)15-12-2-1-3-14(21)16(12)22-17(20)13(15)9-19/h4-7,15H,1-3,20H2. The molecule has 0 bridgehead atoms. The van der Waals surface area contributed by atoms with Gasteiger partial charge in [0, 0.05) is 12.3 Å². The number of carbonyl (C=O) groups is 1. The van der Waals surface area contributed by atoms with Gasteiger partial charge in [-0.3, -0.25) is 4.79 Å². The first-order valence-electron chi connectivity index (χ1n) is 6.99. The monoisotopic (exact) mass is 291 g/mol. The fraction of sp³-hybridized carbons (Fsp3) is 0.235. The van der Waals surface area contributed by atoms with Crippen LogP contribution in [0, 0.1) is 22.7 Å². The Morgan fingerprint density at radius 2 is 1.86 bits per heavy atom. The van der Waals surface area contributed by atoms with Gasteiger partial charge in [-0.05, 0) is 36.1 Å². The van der Waals surface area contributed by atoms with E-state index in [2.05, 4.69) is 12.1 Å². The highest BCUT2D eigenvalue weighted by Gasteiger charge is 2.36. The van der Waals surface area contributed by atoms with Crippen molar-refractivity contribution in [3.63, 3.8) is 0 Å².